The third-order valence-corrected chi connectivity index (χ3v) is 2.33. The second-order valence-electron chi connectivity index (χ2n) is 2.59. The van der Waals surface area contributed by atoms with E-state index in [-0.39, 0.29) is 6.10 Å². The van der Waals surface area contributed by atoms with Crippen LogP contribution in [-0.4, -0.2) is 22.7 Å². The molecule has 0 aromatic carbocycles. The van der Waals surface area contributed by atoms with Gasteiger partial charge in [-0.2, -0.15) is 0 Å². The van der Waals surface area contributed by atoms with Crippen LogP contribution >= 0.6 is 23.2 Å². The van der Waals surface area contributed by atoms with Crippen LogP contribution in [-0.2, 0) is 11.2 Å². The molecule has 1 saturated heterocycles. The summed E-state index contributed by atoms with van der Waals surface area (Å²) in [4.78, 5) is 7.67. The highest BCUT2D eigenvalue weighted by atomic mass is 35.5. The lowest BCUT2D eigenvalue weighted by molar-refractivity contribution is 0.407. The number of halogens is 2. The van der Waals surface area contributed by atoms with E-state index >= 15 is 0 Å². The predicted molar refractivity (Wildman–Crippen MR) is 45.5 cm³/mol. The van der Waals surface area contributed by atoms with Crippen molar-refractivity contribution in [3.63, 3.8) is 0 Å². The van der Waals surface area contributed by atoms with Crippen LogP contribution in [0.3, 0.4) is 0 Å². The lowest BCUT2D eigenvalue weighted by Gasteiger charge is -2.01. The molecule has 1 atom stereocenters. The molecule has 12 heavy (non-hydrogen) atoms. The average molecular weight is 205 g/mol. The fourth-order valence-corrected chi connectivity index (χ4v) is 1.42. The summed E-state index contributed by atoms with van der Waals surface area (Å²) in [6.45, 7) is 0.779. The van der Waals surface area contributed by atoms with Crippen LogP contribution in [0.25, 0.3) is 0 Å². The van der Waals surface area contributed by atoms with Crippen molar-refractivity contribution in [3.05, 3.63) is 22.2 Å². The van der Waals surface area contributed by atoms with Gasteiger partial charge in [0.15, 0.2) is 0 Å². The van der Waals surface area contributed by atoms with E-state index in [0.29, 0.717) is 16.7 Å². The molecule has 0 amide bonds. The fourth-order valence-electron chi connectivity index (χ4n) is 0.953. The van der Waals surface area contributed by atoms with E-state index in [0.717, 1.165) is 12.2 Å². The Labute approximate surface area is 79.7 Å². The molecule has 0 aliphatic carbocycles. The number of epoxide rings is 1. The summed E-state index contributed by atoms with van der Waals surface area (Å²) in [6.07, 6.45) is 2.31. The minimum absolute atomic E-state index is 0.256. The zero-order valence-corrected chi connectivity index (χ0v) is 7.64. The highest BCUT2D eigenvalue weighted by Gasteiger charge is 2.25. The number of ether oxygens (including phenoxy) is 1. The Bertz CT molecular complexity index is 281. The van der Waals surface area contributed by atoms with Crippen molar-refractivity contribution in [1.29, 1.82) is 0 Å². The van der Waals surface area contributed by atoms with Gasteiger partial charge in [0.2, 0.25) is 0 Å². The van der Waals surface area contributed by atoms with Crippen molar-refractivity contribution < 1.29 is 4.74 Å². The third-order valence-electron chi connectivity index (χ3n) is 1.67. The molecule has 1 aliphatic rings. The molecule has 5 heteroatoms. The van der Waals surface area contributed by atoms with E-state index in [1.807, 2.05) is 0 Å². The van der Waals surface area contributed by atoms with Gasteiger partial charge in [-0.05, 0) is 0 Å². The topological polar surface area (TPSA) is 38.3 Å². The number of hydrogen-bond donors (Lipinski definition) is 0. The van der Waals surface area contributed by atoms with Gasteiger partial charge in [0.1, 0.15) is 16.6 Å². The number of hydrogen-bond acceptors (Lipinski definition) is 3. The second-order valence-corrected chi connectivity index (χ2v) is 3.31. The van der Waals surface area contributed by atoms with E-state index in [9.17, 15) is 0 Å². The monoisotopic (exact) mass is 204 g/mol. The Morgan fingerprint density at radius 1 is 1.42 bits per heavy atom. The van der Waals surface area contributed by atoms with Gasteiger partial charge >= 0.3 is 0 Å². The van der Waals surface area contributed by atoms with Gasteiger partial charge in [0, 0.05) is 12.0 Å². The van der Waals surface area contributed by atoms with Gasteiger partial charge in [-0.1, -0.05) is 23.2 Å². The third kappa shape index (κ3) is 1.68. The first-order chi connectivity index (χ1) is 5.77. The second kappa shape index (κ2) is 3.17. The molecule has 1 fully saturated rings. The van der Waals surface area contributed by atoms with E-state index in [1.165, 1.54) is 6.33 Å². The fraction of sp³-hybridized carbons (Fsp3) is 0.429. The molecule has 0 N–H and O–H groups in total. The maximum Gasteiger partial charge on any atom is 0.137 e. The van der Waals surface area contributed by atoms with Crippen LogP contribution in [0.1, 0.15) is 5.56 Å². The highest BCUT2D eigenvalue weighted by molar-refractivity contribution is 6.34. The maximum absolute atomic E-state index is 5.81. The first kappa shape index (κ1) is 8.23. The first-order valence-electron chi connectivity index (χ1n) is 3.54. The van der Waals surface area contributed by atoms with E-state index in [1.54, 1.807) is 0 Å². The Kier molecular flexibility index (Phi) is 2.17. The van der Waals surface area contributed by atoms with E-state index in [4.69, 9.17) is 27.9 Å². The van der Waals surface area contributed by atoms with Gasteiger partial charge in [-0.3, -0.25) is 0 Å². The van der Waals surface area contributed by atoms with Crippen LogP contribution in [0, 0.1) is 0 Å². The molecule has 0 bridgehead atoms. The molecular formula is C7H6Cl2N2O. The summed E-state index contributed by atoms with van der Waals surface area (Å²) < 4.78 is 5.05. The van der Waals surface area contributed by atoms with Crippen molar-refractivity contribution in [2.24, 2.45) is 0 Å². The van der Waals surface area contributed by atoms with Crippen LogP contribution in [0.5, 0.6) is 0 Å². The molecule has 1 aliphatic heterocycles. The van der Waals surface area contributed by atoms with E-state index < -0.39 is 0 Å². The average Bonchev–Trinajstić information content (AvgIpc) is 2.80. The Hall–Kier alpha value is -0.380. The summed E-state index contributed by atoms with van der Waals surface area (Å²) in [6, 6.07) is 0. The van der Waals surface area contributed by atoms with Crippen molar-refractivity contribution in [3.8, 4) is 0 Å². The SMILES string of the molecule is Clc1ncnc(Cl)c1CC1CO1. The lowest BCUT2D eigenvalue weighted by Crippen LogP contribution is -1.98. The van der Waals surface area contributed by atoms with Crippen molar-refractivity contribution in [2.45, 2.75) is 12.5 Å². The smallest absolute Gasteiger partial charge is 0.137 e. The van der Waals surface area contributed by atoms with Gasteiger partial charge in [0.05, 0.1) is 12.7 Å². The minimum atomic E-state index is 0.256. The van der Waals surface area contributed by atoms with Crippen molar-refractivity contribution in [2.75, 3.05) is 6.61 Å². The van der Waals surface area contributed by atoms with Crippen molar-refractivity contribution in [1.82, 2.24) is 9.97 Å². The van der Waals surface area contributed by atoms with Gasteiger partial charge in [0.25, 0.3) is 0 Å². The van der Waals surface area contributed by atoms with Crippen LogP contribution in [0.15, 0.2) is 6.33 Å². The van der Waals surface area contributed by atoms with Crippen LogP contribution < -0.4 is 0 Å². The predicted octanol–water partition coefficient (Wildman–Crippen LogP) is 1.72. The molecule has 0 saturated carbocycles. The molecule has 2 rings (SSSR count). The first-order valence-corrected chi connectivity index (χ1v) is 4.29. The summed E-state index contributed by atoms with van der Waals surface area (Å²) in [5.41, 5.74) is 0.781. The maximum atomic E-state index is 5.81. The summed E-state index contributed by atoms with van der Waals surface area (Å²) >= 11 is 11.6. The molecular weight excluding hydrogens is 199 g/mol. The Morgan fingerprint density at radius 2 is 2.00 bits per heavy atom. The van der Waals surface area contributed by atoms with Crippen LogP contribution in [0.4, 0.5) is 0 Å². The minimum Gasteiger partial charge on any atom is -0.373 e. The quantitative estimate of drug-likeness (QED) is 0.545. The molecule has 2 heterocycles. The van der Waals surface area contributed by atoms with E-state index in [2.05, 4.69) is 9.97 Å². The molecule has 1 unspecified atom stereocenters. The normalized spacial score (nSPS) is 21.0. The van der Waals surface area contributed by atoms with Gasteiger partial charge < -0.3 is 4.74 Å². The Balaban J connectivity index is 2.26. The molecule has 1 aromatic heterocycles. The largest absolute Gasteiger partial charge is 0.373 e. The summed E-state index contributed by atoms with van der Waals surface area (Å²) in [5, 5.41) is 0.844. The molecule has 1 aromatic rings. The zero-order chi connectivity index (χ0) is 8.55. The lowest BCUT2D eigenvalue weighted by atomic mass is 10.2. The molecule has 0 radical (unpaired) electrons. The molecule has 3 nitrogen and oxygen atoms in total. The van der Waals surface area contributed by atoms with Crippen LogP contribution in [0.2, 0.25) is 10.3 Å². The van der Waals surface area contributed by atoms with Crippen molar-refractivity contribution >= 4 is 23.2 Å². The number of nitrogens with zero attached hydrogens (tertiary/aromatic N) is 2. The molecule has 64 valence electrons. The highest BCUT2D eigenvalue weighted by Crippen LogP contribution is 2.25. The Morgan fingerprint density at radius 3 is 2.50 bits per heavy atom. The summed E-state index contributed by atoms with van der Waals surface area (Å²) in [7, 11) is 0. The zero-order valence-electron chi connectivity index (χ0n) is 6.13. The standard InChI is InChI=1S/C7H6Cl2N2O/c8-6-5(1-4-2-12-4)7(9)11-3-10-6/h3-4H,1-2H2. The van der Waals surface area contributed by atoms with Gasteiger partial charge in [-0.25, -0.2) is 9.97 Å². The summed E-state index contributed by atoms with van der Waals surface area (Å²) in [5.74, 6) is 0. The number of rotatable bonds is 2. The molecule has 0 spiro atoms. The number of aromatic nitrogens is 2. The van der Waals surface area contributed by atoms with Gasteiger partial charge in [-0.15, -0.1) is 0 Å².